The molecule has 2 heterocycles. The number of likely N-dealkylation sites (tertiary alicyclic amines) is 1. The lowest BCUT2D eigenvalue weighted by atomic mass is 10.0. The highest BCUT2D eigenvalue weighted by Gasteiger charge is 2.28. The molecule has 106 valence electrons. The van der Waals surface area contributed by atoms with Gasteiger partial charge in [0.2, 0.25) is 0 Å². The number of amides is 1. The van der Waals surface area contributed by atoms with Crippen LogP contribution < -0.4 is 0 Å². The van der Waals surface area contributed by atoms with Crippen LogP contribution in [0.25, 0.3) is 0 Å². The molecule has 2 rings (SSSR count). The van der Waals surface area contributed by atoms with Gasteiger partial charge in [-0.25, -0.2) is 9.78 Å². The van der Waals surface area contributed by atoms with Gasteiger partial charge in [-0.05, 0) is 33.6 Å². The third-order valence-electron chi connectivity index (χ3n) is 3.18. The Bertz CT molecular complexity index is 409. The summed E-state index contributed by atoms with van der Waals surface area (Å²) in [6.45, 7) is 7.05. The molecule has 0 spiro atoms. The second kappa shape index (κ2) is 5.63. The highest BCUT2D eigenvalue weighted by molar-refractivity contribution is 5.68. The Labute approximate surface area is 113 Å². The van der Waals surface area contributed by atoms with Gasteiger partial charge in [-0.3, -0.25) is 0 Å². The lowest BCUT2D eigenvalue weighted by Gasteiger charge is -2.27. The lowest BCUT2D eigenvalue weighted by molar-refractivity contribution is 0.0246. The Morgan fingerprint density at radius 2 is 2.26 bits per heavy atom. The van der Waals surface area contributed by atoms with E-state index in [-0.39, 0.29) is 12.0 Å². The van der Waals surface area contributed by atoms with Crippen LogP contribution in [0.5, 0.6) is 0 Å². The first kappa shape index (κ1) is 13.9. The van der Waals surface area contributed by atoms with Crippen LogP contribution in [-0.2, 0) is 4.74 Å². The van der Waals surface area contributed by atoms with E-state index in [1.807, 2.05) is 20.8 Å². The molecule has 1 aromatic heterocycles. The Balaban J connectivity index is 2.02. The van der Waals surface area contributed by atoms with E-state index < -0.39 is 5.60 Å². The zero-order valence-electron chi connectivity index (χ0n) is 11.9. The van der Waals surface area contributed by atoms with Gasteiger partial charge in [0.25, 0.3) is 0 Å². The van der Waals surface area contributed by atoms with E-state index in [2.05, 4.69) is 4.98 Å². The first-order valence-corrected chi connectivity index (χ1v) is 6.82. The van der Waals surface area contributed by atoms with Crippen LogP contribution in [0.15, 0.2) is 17.0 Å². The van der Waals surface area contributed by atoms with Crippen molar-refractivity contribution in [3.63, 3.8) is 0 Å². The average Bonchev–Trinajstić information content (AvgIpc) is 2.71. The monoisotopic (exact) mass is 266 g/mol. The molecule has 1 aliphatic heterocycles. The molecular weight excluding hydrogens is 244 g/mol. The van der Waals surface area contributed by atoms with Crippen LogP contribution >= 0.6 is 0 Å². The summed E-state index contributed by atoms with van der Waals surface area (Å²) in [5.41, 5.74) is -0.453. The molecule has 0 aliphatic carbocycles. The summed E-state index contributed by atoms with van der Waals surface area (Å²) in [7, 11) is 0. The summed E-state index contributed by atoms with van der Waals surface area (Å²) < 4.78 is 10.8. The minimum Gasteiger partial charge on any atom is -0.448 e. The van der Waals surface area contributed by atoms with E-state index in [0.29, 0.717) is 6.54 Å². The largest absolute Gasteiger partial charge is 0.448 e. The predicted molar refractivity (Wildman–Crippen MR) is 70.9 cm³/mol. The third kappa shape index (κ3) is 3.98. The highest BCUT2D eigenvalue weighted by atomic mass is 16.6. The number of aromatic nitrogens is 1. The second-order valence-electron chi connectivity index (χ2n) is 6.02. The Hall–Kier alpha value is -1.52. The van der Waals surface area contributed by atoms with Crippen molar-refractivity contribution in [1.82, 2.24) is 9.88 Å². The number of oxazole rings is 1. The summed E-state index contributed by atoms with van der Waals surface area (Å²) >= 11 is 0. The summed E-state index contributed by atoms with van der Waals surface area (Å²) in [4.78, 5) is 17.9. The number of ether oxygens (including phenoxy) is 1. The third-order valence-corrected chi connectivity index (χ3v) is 3.18. The van der Waals surface area contributed by atoms with Crippen molar-refractivity contribution in [3.8, 4) is 0 Å². The van der Waals surface area contributed by atoms with Gasteiger partial charge in [0.05, 0.1) is 6.20 Å². The smallest absolute Gasteiger partial charge is 0.410 e. The molecule has 1 fully saturated rings. The van der Waals surface area contributed by atoms with Gasteiger partial charge in [0.15, 0.2) is 6.39 Å². The molecule has 1 aromatic rings. The van der Waals surface area contributed by atoms with Crippen molar-refractivity contribution in [2.24, 2.45) is 0 Å². The zero-order valence-corrected chi connectivity index (χ0v) is 11.9. The summed E-state index contributed by atoms with van der Waals surface area (Å²) in [6, 6.07) is 0. The highest BCUT2D eigenvalue weighted by Crippen LogP contribution is 2.27. The van der Waals surface area contributed by atoms with Crippen LogP contribution in [-0.4, -0.2) is 34.7 Å². The van der Waals surface area contributed by atoms with Crippen LogP contribution in [0.4, 0.5) is 4.79 Å². The molecular formula is C14H22N2O3. The van der Waals surface area contributed by atoms with Crippen molar-refractivity contribution in [1.29, 1.82) is 0 Å². The Morgan fingerprint density at radius 1 is 1.47 bits per heavy atom. The van der Waals surface area contributed by atoms with Gasteiger partial charge < -0.3 is 14.1 Å². The van der Waals surface area contributed by atoms with Crippen LogP contribution in [0.1, 0.15) is 51.7 Å². The fourth-order valence-electron chi connectivity index (χ4n) is 2.29. The molecule has 5 heteroatoms. The van der Waals surface area contributed by atoms with E-state index >= 15 is 0 Å². The van der Waals surface area contributed by atoms with Crippen LogP contribution in [0, 0.1) is 0 Å². The summed E-state index contributed by atoms with van der Waals surface area (Å²) in [5, 5.41) is 0. The van der Waals surface area contributed by atoms with Gasteiger partial charge in [0.1, 0.15) is 11.4 Å². The molecule has 0 unspecified atom stereocenters. The Morgan fingerprint density at radius 3 is 2.89 bits per heavy atom. The molecule has 1 atom stereocenters. The second-order valence-corrected chi connectivity index (χ2v) is 6.02. The van der Waals surface area contributed by atoms with Gasteiger partial charge in [-0.2, -0.15) is 0 Å². The standard InChI is InChI=1S/C14H22N2O3/c1-14(2,3)19-13(17)16-7-5-4-6-11(9-16)12-8-15-10-18-12/h8,10-11H,4-7,9H2,1-3H3/t11-/m1/s1. The minimum atomic E-state index is -0.453. The number of rotatable bonds is 1. The molecule has 0 aromatic carbocycles. The van der Waals surface area contributed by atoms with E-state index in [1.165, 1.54) is 6.39 Å². The van der Waals surface area contributed by atoms with E-state index in [1.54, 1.807) is 11.1 Å². The van der Waals surface area contributed by atoms with Crippen molar-refractivity contribution < 1.29 is 13.9 Å². The molecule has 5 nitrogen and oxygen atoms in total. The van der Waals surface area contributed by atoms with E-state index in [9.17, 15) is 4.79 Å². The number of hydrogen-bond acceptors (Lipinski definition) is 4. The molecule has 1 saturated heterocycles. The molecule has 0 N–H and O–H groups in total. The lowest BCUT2D eigenvalue weighted by Crippen LogP contribution is -2.38. The fourth-order valence-corrected chi connectivity index (χ4v) is 2.29. The number of nitrogens with zero attached hydrogens (tertiary/aromatic N) is 2. The maximum Gasteiger partial charge on any atom is 0.410 e. The normalized spacial score (nSPS) is 21.0. The van der Waals surface area contributed by atoms with Crippen molar-refractivity contribution in [3.05, 3.63) is 18.4 Å². The first-order valence-electron chi connectivity index (χ1n) is 6.82. The summed E-state index contributed by atoms with van der Waals surface area (Å²) in [6.07, 6.45) is 6.06. The number of carbonyl (C=O) groups is 1. The molecule has 1 aliphatic rings. The minimum absolute atomic E-state index is 0.220. The van der Waals surface area contributed by atoms with Crippen molar-refractivity contribution in [2.75, 3.05) is 13.1 Å². The number of carbonyl (C=O) groups excluding carboxylic acids is 1. The molecule has 19 heavy (non-hydrogen) atoms. The molecule has 1 amide bonds. The quantitative estimate of drug-likeness (QED) is 0.783. The molecule has 0 radical (unpaired) electrons. The predicted octanol–water partition coefficient (Wildman–Crippen LogP) is 3.18. The van der Waals surface area contributed by atoms with Gasteiger partial charge >= 0.3 is 6.09 Å². The van der Waals surface area contributed by atoms with Gasteiger partial charge in [-0.15, -0.1) is 0 Å². The zero-order chi connectivity index (χ0) is 13.9. The van der Waals surface area contributed by atoms with Crippen molar-refractivity contribution >= 4 is 6.09 Å². The fraction of sp³-hybridized carbons (Fsp3) is 0.714. The maximum absolute atomic E-state index is 12.1. The Kier molecular flexibility index (Phi) is 4.12. The number of hydrogen-bond donors (Lipinski definition) is 0. The summed E-state index contributed by atoms with van der Waals surface area (Å²) in [5.74, 6) is 1.08. The topological polar surface area (TPSA) is 55.6 Å². The van der Waals surface area contributed by atoms with Gasteiger partial charge in [-0.1, -0.05) is 6.42 Å². The maximum atomic E-state index is 12.1. The molecule has 0 saturated carbocycles. The van der Waals surface area contributed by atoms with Crippen molar-refractivity contribution in [2.45, 2.75) is 51.6 Å². The molecule has 0 bridgehead atoms. The first-order chi connectivity index (χ1) is 8.96. The van der Waals surface area contributed by atoms with Gasteiger partial charge in [0, 0.05) is 19.0 Å². The van der Waals surface area contributed by atoms with Crippen LogP contribution in [0.3, 0.4) is 0 Å². The van der Waals surface area contributed by atoms with E-state index in [0.717, 1.165) is 31.6 Å². The SMILES string of the molecule is CC(C)(C)OC(=O)N1CCCC[C@@H](c2cnco2)C1. The van der Waals surface area contributed by atoms with E-state index in [4.69, 9.17) is 9.15 Å². The van der Waals surface area contributed by atoms with Crippen LogP contribution in [0.2, 0.25) is 0 Å². The average molecular weight is 266 g/mol.